The monoisotopic (exact) mass is 356 g/mol. The van der Waals surface area contributed by atoms with Gasteiger partial charge in [0, 0.05) is 0 Å². The van der Waals surface area contributed by atoms with Gasteiger partial charge in [-0.2, -0.15) is 0 Å². The van der Waals surface area contributed by atoms with Gasteiger partial charge in [-0.25, -0.2) is 0 Å². The lowest BCUT2D eigenvalue weighted by atomic mass is 10.2. The molecule has 1 aromatic heterocycles. The van der Waals surface area contributed by atoms with Crippen LogP contribution in [0.15, 0.2) is 45.5 Å². The summed E-state index contributed by atoms with van der Waals surface area (Å²) < 4.78 is 5.90. The number of hydrogen-bond acceptors (Lipinski definition) is 3. The Labute approximate surface area is 130 Å². The van der Waals surface area contributed by atoms with Crippen LogP contribution in [0.2, 0.25) is 5.02 Å². The number of carbonyl (C=O) groups is 1. The Balaban J connectivity index is 1.92. The van der Waals surface area contributed by atoms with E-state index in [1.165, 1.54) is 0 Å². The van der Waals surface area contributed by atoms with Crippen molar-refractivity contribution >= 4 is 39.1 Å². The lowest BCUT2D eigenvalue weighted by molar-refractivity contribution is -0.121. The predicted octanol–water partition coefficient (Wildman–Crippen LogP) is 3.81. The highest BCUT2D eigenvalue weighted by molar-refractivity contribution is 9.10. The minimum atomic E-state index is -0.389. The van der Waals surface area contributed by atoms with E-state index in [-0.39, 0.29) is 11.9 Å². The number of benzene rings is 1. The molecule has 1 heterocycles. The molecule has 0 spiro atoms. The van der Waals surface area contributed by atoms with Crippen molar-refractivity contribution in [2.45, 2.75) is 19.5 Å². The fourth-order valence-corrected chi connectivity index (χ4v) is 2.21. The van der Waals surface area contributed by atoms with E-state index < -0.39 is 0 Å². The molecule has 2 rings (SSSR count). The Bertz CT molecular complexity index is 587. The van der Waals surface area contributed by atoms with Gasteiger partial charge in [-0.05, 0) is 47.1 Å². The van der Waals surface area contributed by atoms with Crippen LogP contribution in [0.1, 0.15) is 12.7 Å². The second-order valence-electron chi connectivity index (χ2n) is 4.26. The van der Waals surface area contributed by atoms with E-state index >= 15 is 0 Å². The van der Waals surface area contributed by atoms with Gasteiger partial charge in [0.05, 0.1) is 28.0 Å². The van der Waals surface area contributed by atoms with Crippen molar-refractivity contribution in [2.24, 2.45) is 0 Å². The van der Waals surface area contributed by atoms with Crippen LogP contribution in [0.25, 0.3) is 0 Å². The maximum atomic E-state index is 12.0. The summed E-state index contributed by atoms with van der Waals surface area (Å²) in [6.07, 6.45) is 1.58. The normalized spacial score (nSPS) is 11.9. The van der Waals surface area contributed by atoms with Crippen molar-refractivity contribution in [1.29, 1.82) is 0 Å². The molecule has 2 aromatic rings. The van der Waals surface area contributed by atoms with E-state index in [1.807, 2.05) is 18.2 Å². The molecule has 0 aliphatic heterocycles. The van der Waals surface area contributed by atoms with Crippen LogP contribution in [0.5, 0.6) is 0 Å². The molecule has 0 saturated heterocycles. The summed E-state index contributed by atoms with van der Waals surface area (Å²) in [6.45, 7) is 2.15. The zero-order chi connectivity index (χ0) is 14.5. The van der Waals surface area contributed by atoms with E-state index in [1.54, 1.807) is 25.3 Å². The molecule has 1 unspecified atom stereocenters. The smallest absolute Gasteiger partial charge is 0.242 e. The summed E-state index contributed by atoms with van der Waals surface area (Å²) in [5, 5.41) is 6.50. The quantitative estimate of drug-likeness (QED) is 0.855. The summed E-state index contributed by atoms with van der Waals surface area (Å²) in [6, 6.07) is 8.66. The Hall–Kier alpha value is -1.46. The summed E-state index contributed by atoms with van der Waals surface area (Å²) in [4.78, 5) is 12.0. The van der Waals surface area contributed by atoms with Crippen molar-refractivity contribution in [1.82, 2.24) is 5.32 Å². The first kappa shape index (κ1) is 14.9. The third kappa shape index (κ3) is 3.77. The highest BCUT2D eigenvalue weighted by Crippen LogP contribution is 2.30. The van der Waals surface area contributed by atoms with Crippen molar-refractivity contribution in [3.63, 3.8) is 0 Å². The Morgan fingerprint density at radius 3 is 2.90 bits per heavy atom. The Morgan fingerprint density at radius 1 is 1.40 bits per heavy atom. The molecule has 1 amide bonds. The number of carbonyl (C=O) groups excluding carboxylic acids is 1. The Kier molecular flexibility index (Phi) is 5.09. The van der Waals surface area contributed by atoms with E-state index in [0.717, 1.165) is 15.9 Å². The lowest BCUT2D eigenvalue weighted by Gasteiger charge is -2.16. The lowest BCUT2D eigenvalue weighted by Crippen LogP contribution is -2.37. The summed E-state index contributed by atoms with van der Waals surface area (Å²) in [5.74, 6) is 0.600. The molecule has 0 fully saturated rings. The highest BCUT2D eigenvalue weighted by atomic mass is 79.9. The second kappa shape index (κ2) is 6.81. The predicted molar refractivity (Wildman–Crippen MR) is 82.8 cm³/mol. The molecule has 0 aliphatic carbocycles. The molecule has 2 N–H and O–H groups in total. The number of furan rings is 1. The summed E-state index contributed by atoms with van der Waals surface area (Å²) >= 11 is 9.39. The van der Waals surface area contributed by atoms with Crippen molar-refractivity contribution in [2.75, 3.05) is 5.32 Å². The molecule has 0 bridgehead atoms. The Morgan fingerprint density at radius 2 is 2.20 bits per heavy atom. The van der Waals surface area contributed by atoms with Gasteiger partial charge in [0.25, 0.3) is 0 Å². The number of amides is 1. The van der Waals surface area contributed by atoms with Crippen LogP contribution in [0.3, 0.4) is 0 Å². The van der Waals surface area contributed by atoms with Crippen LogP contribution < -0.4 is 10.6 Å². The molecular formula is C14H14BrClN2O2. The molecule has 1 atom stereocenters. The standard InChI is InChI=1S/C14H14BrClN2O2/c1-9(14(19)17-8-10-4-3-7-20-10)18-12-6-2-5-11(16)13(12)15/h2-7,9,18H,8H2,1H3,(H,17,19). The van der Waals surface area contributed by atoms with Gasteiger partial charge >= 0.3 is 0 Å². The first-order valence-electron chi connectivity index (χ1n) is 6.08. The molecular weight excluding hydrogens is 344 g/mol. The third-order valence-electron chi connectivity index (χ3n) is 2.73. The van der Waals surface area contributed by atoms with Gasteiger partial charge in [0.2, 0.25) is 5.91 Å². The fraction of sp³-hybridized carbons (Fsp3) is 0.214. The fourth-order valence-electron chi connectivity index (χ4n) is 1.65. The highest BCUT2D eigenvalue weighted by Gasteiger charge is 2.14. The average Bonchev–Trinajstić information content (AvgIpc) is 2.94. The average molecular weight is 358 g/mol. The maximum Gasteiger partial charge on any atom is 0.242 e. The van der Waals surface area contributed by atoms with E-state index in [0.29, 0.717) is 11.6 Å². The SMILES string of the molecule is CC(Nc1cccc(Cl)c1Br)C(=O)NCc1ccco1. The molecule has 20 heavy (non-hydrogen) atoms. The van der Waals surface area contributed by atoms with Crippen LogP contribution >= 0.6 is 27.5 Å². The first-order chi connectivity index (χ1) is 9.58. The van der Waals surface area contributed by atoms with Crippen LogP contribution in [-0.2, 0) is 11.3 Å². The molecule has 0 aliphatic rings. The van der Waals surface area contributed by atoms with Gasteiger partial charge < -0.3 is 15.1 Å². The molecule has 0 saturated carbocycles. The minimum Gasteiger partial charge on any atom is -0.467 e. The van der Waals surface area contributed by atoms with Gasteiger partial charge in [-0.3, -0.25) is 4.79 Å². The topological polar surface area (TPSA) is 54.3 Å². The van der Waals surface area contributed by atoms with Crippen LogP contribution in [0.4, 0.5) is 5.69 Å². The van der Waals surface area contributed by atoms with Crippen molar-refractivity contribution in [3.8, 4) is 0 Å². The second-order valence-corrected chi connectivity index (χ2v) is 5.46. The molecule has 6 heteroatoms. The van der Waals surface area contributed by atoms with Crippen molar-refractivity contribution < 1.29 is 9.21 Å². The van der Waals surface area contributed by atoms with E-state index in [2.05, 4.69) is 26.6 Å². The van der Waals surface area contributed by atoms with Gasteiger partial charge in [0.15, 0.2) is 0 Å². The minimum absolute atomic E-state index is 0.117. The number of hydrogen-bond donors (Lipinski definition) is 2. The largest absolute Gasteiger partial charge is 0.467 e. The van der Waals surface area contributed by atoms with Gasteiger partial charge in [-0.15, -0.1) is 0 Å². The van der Waals surface area contributed by atoms with E-state index in [4.69, 9.17) is 16.0 Å². The number of rotatable bonds is 5. The first-order valence-corrected chi connectivity index (χ1v) is 7.25. The zero-order valence-corrected chi connectivity index (χ0v) is 13.2. The summed E-state index contributed by atoms with van der Waals surface area (Å²) in [5.41, 5.74) is 0.776. The van der Waals surface area contributed by atoms with Gasteiger partial charge in [0.1, 0.15) is 11.8 Å². The summed E-state index contributed by atoms with van der Waals surface area (Å²) in [7, 11) is 0. The zero-order valence-electron chi connectivity index (χ0n) is 10.8. The third-order valence-corrected chi connectivity index (χ3v) is 4.13. The number of halogens is 2. The van der Waals surface area contributed by atoms with Gasteiger partial charge in [-0.1, -0.05) is 17.7 Å². The van der Waals surface area contributed by atoms with Crippen LogP contribution in [-0.4, -0.2) is 11.9 Å². The molecule has 106 valence electrons. The van der Waals surface area contributed by atoms with Crippen LogP contribution in [0, 0.1) is 0 Å². The molecule has 4 nitrogen and oxygen atoms in total. The maximum absolute atomic E-state index is 12.0. The number of anilines is 1. The molecule has 0 radical (unpaired) electrons. The molecule has 1 aromatic carbocycles. The van der Waals surface area contributed by atoms with Crippen molar-refractivity contribution in [3.05, 3.63) is 51.9 Å². The van der Waals surface area contributed by atoms with E-state index in [9.17, 15) is 4.79 Å². The number of nitrogens with one attached hydrogen (secondary N) is 2.